The fraction of sp³-hybridized carbons (Fsp3) is 0.0526. The molecule has 0 aromatic heterocycles. The third-order valence-corrected chi connectivity index (χ3v) is 4.43. The molecule has 0 saturated carbocycles. The average molecular weight is 365 g/mol. The van der Waals surface area contributed by atoms with Gasteiger partial charge in [-0.05, 0) is 29.0 Å². The van der Waals surface area contributed by atoms with E-state index < -0.39 is 18.4 Å². The molecule has 1 aliphatic heterocycles. The van der Waals surface area contributed by atoms with Gasteiger partial charge in [-0.15, -0.1) is 5.10 Å². The number of aliphatic carboxylic acids is 1. The van der Waals surface area contributed by atoms with Crippen molar-refractivity contribution in [2.75, 3.05) is 6.54 Å². The molecule has 1 N–H and O–H groups in total. The number of amidine groups is 1. The van der Waals surface area contributed by atoms with Crippen molar-refractivity contribution >= 4 is 41.1 Å². The first-order chi connectivity index (χ1) is 12.6. The lowest BCUT2D eigenvalue weighted by molar-refractivity contribution is -0.140. The van der Waals surface area contributed by atoms with Gasteiger partial charge in [0.15, 0.2) is 5.17 Å². The summed E-state index contributed by atoms with van der Waals surface area (Å²) >= 11 is 1.11. The number of nitrogens with zero attached hydrogens (tertiary/aromatic N) is 3. The van der Waals surface area contributed by atoms with E-state index in [1.165, 1.54) is 0 Å². The molecular formula is C19H15N3O3S. The number of carbonyl (C=O) groups excluding carboxylic acids is 1. The number of hydrogen-bond acceptors (Lipinski definition) is 5. The number of thioether (sulfide) groups is 1. The highest BCUT2D eigenvalue weighted by atomic mass is 32.2. The second-order valence-corrected chi connectivity index (χ2v) is 6.35. The van der Waals surface area contributed by atoms with Crippen molar-refractivity contribution in [3.8, 4) is 0 Å². The molecule has 130 valence electrons. The first kappa shape index (κ1) is 17.6. The van der Waals surface area contributed by atoms with E-state index in [-0.39, 0.29) is 5.17 Å². The summed E-state index contributed by atoms with van der Waals surface area (Å²) in [5.41, 5.74) is 1.71. The average Bonchev–Trinajstić information content (AvgIpc) is 2.92. The summed E-state index contributed by atoms with van der Waals surface area (Å²) in [6.07, 6.45) is 3.27. The zero-order chi connectivity index (χ0) is 18.4. The summed E-state index contributed by atoms with van der Waals surface area (Å²) in [4.78, 5) is 25.1. The summed E-state index contributed by atoms with van der Waals surface area (Å²) in [6, 6.07) is 18.7. The Kier molecular flexibility index (Phi) is 5.60. The molecule has 3 rings (SSSR count). The highest BCUT2D eigenvalue weighted by Gasteiger charge is 2.34. The van der Waals surface area contributed by atoms with E-state index in [0.29, 0.717) is 4.91 Å². The van der Waals surface area contributed by atoms with Gasteiger partial charge in [-0.3, -0.25) is 14.5 Å². The minimum Gasteiger partial charge on any atom is -0.480 e. The molecule has 0 aliphatic carbocycles. The lowest BCUT2D eigenvalue weighted by Gasteiger charge is -2.10. The highest BCUT2D eigenvalue weighted by molar-refractivity contribution is 8.18. The Hall–Kier alpha value is -3.19. The van der Waals surface area contributed by atoms with Crippen LogP contribution in [0.15, 0.2) is 75.8 Å². The Labute approximate surface area is 154 Å². The number of carboxylic acids is 1. The Morgan fingerprint density at radius 2 is 1.65 bits per heavy atom. The van der Waals surface area contributed by atoms with Crippen LogP contribution < -0.4 is 0 Å². The molecule has 0 atom stereocenters. The molecule has 0 unspecified atom stereocenters. The molecular weight excluding hydrogens is 350 g/mol. The molecule has 1 amide bonds. The zero-order valence-corrected chi connectivity index (χ0v) is 14.5. The van der Waals surface area contributed by atoms with Crippen molar-refractivity contribution < 1.29 is 14.7 Å². The molecule has 1 fully saturated rings. The van der Waals surface area contributed by atoms with Crippen LogP contribution in [0.5, 0.6) is 0 Å². The van der Waals surface area contributed by atoms with Crippen molar-refractivity contribution in [1.29, 1.82) is 0 Å². The van der Waals surface area contributed by atoms with Gasteiger partial charge in [0.1, 0.15) is 6.54 Å². The molecule has 1 heterocycles. The van der Waals surface area contributed by atoms with Crippen molar-refractivity contribution in [3.63, 3.8) is 0 Å². The smallest absolute Gasteiger partial charge is 0.323 e. The summed E-state index contributed by atoms with van der Waals surface area (Å²) in [6.45, 7) is -0.461. The lowest BCUT2D eigenvalue weighted by atomic mass is 10.2. The predicted molar refractivity (Wildman–Crippen MR) is 103 cm³/mol. The number of carbonyl (C=O) groups is 2. The van der Waals surface area contributed by atoms with Crippen molar-refractivity contribution in [2.45, 2.75) is 0 Å². The molecule has 0 radical (unpaired) electrons. The van der Waals surface area contributed by atoms with E-state index in [9.17, 15) is 9.59 Å². The molecule has 7 heteroatoms. The van der Waals surface area contributed by atoms with Crippen molar-refractivity contribution in [3.05, 3.63) is 76.7 Å². The van der Waals surface area contributed by atoms with Crippen LogP contribution in [-0.4, -0.2) is 39.8 Å². The van der Waals surface area contributed by atoms with E-state index in [4.69, 9.17) is 5.11 Å². The van der Waals surface area contributed by atoms with Gasteiger partial charge >= 0.3 is 5.97 Å². The fourth-order valence-electron chi connectivity index (χ4n) is 2.24. The monoisotopic (exact) mass is 365 g/mol. The third kappa shape index (κ3) is 4.46. The first-order valence-electron chi connectivity index (χ1n) is 7.78. The number of hydrogen-bond donors (Lipinski definition) is 1. The minimum absolute atomic E-state index is 0.242. The Morgan fingerprint density at radius 1 is 1.04 bits per heavy atom. The van der Waals surface area contributed by atoms with Crippen LogP contribution in [0.25, 0.3) is 6.08 Å². The van der Waals surface area contributed by atoms with Gasteiger partial charge < -0.3 is 5.11 Å². The van der Waals surface area contributed by atoms with Crippen LogP contribution in [-0.2, 0) is 9.59 Å². The topological polar surface area (TPSA) is 82.3 Å². The number of benzene rings is 2. The molecule has 2 aromatic carbocycles. The quantitative estimate of drug-likeness (QED) is 0.501. The highest BCUT2D eigenvalue weighted by Crippen LogP contribution is 2.32. The molecule has 0 bridgehead atoms. The fourth-order valence-corrected chi connectivity index (χ4v) is 3.18. The maximum absolute atomic E-state index is 12.5. The van der Waals surface area contributed by atoms with E-state index >= 15 is 0 Å². The molecule has 1 saturated heterocycles. The van der Waals surface area contributed by atoms with Crippen molar-refractivity contribution in [1.82, 2.24) is 4.90 Å². The van der Waals surface area contributed by atoms with Crippen LogP contribution in [0.1, 0.15) is 11.1 Å². The SMILES string of the molecule is O=C(O)CN1C(=O)/C(=C/c2ccccc2)S/C1=N/N=C/c1ccccc1. The Balaban J connectivity index is 1.86. The van der Waals surface area contributed by atoms with Gasteiger partial charge in [-0.1, -0.05) is 60.7 Å². The van der Waals surface area contributed by atoms with Crippen LogP contribution in [0, 0.1) is 0 Å². The molecule has 0 spiro atoms. The van der Waals surface area contributed by atoms with Gasteiger partial charge in [0, 0.05) is 0 Å². The summed E-state index contributed by atoms with van der Waals surface area (Å²) in [5.74, 6) is -1.51. The van der Waals surface area contributed by atoms with Gasteiger partial charge in [0.2, 0.25) is 0 Å². The molecule has 2 aromatic rings. The van der Waals surface area contributed by atoms with E-state index in [0.717, 1.165) is 27.8 Å². The van der Waals surface area contributed by atoms with Gasteiger partial charge in [-0.2, -0.15) is 5.10 Å². The largest absolute Gasteiger partial charge is 0.480 e. The van der Waals surface area contributed by atoms with E-state index in [1.54, 1.807) is 12.3 Å². The Bertz CT molecular complexity index is 893. The maximum atomic E-state index is 12.5. The van der Waals surface area contributed by atoms with E-state index in [2.05, 4.69) is 10.2 Å². The zero-order valence-electron chi connectivity index (χ0n) is 13.6. The van der Waals surface area contributed by atoms with E-state index in [1.807, 2.05) is 60.7 Å². The Morgan fingerprint density at radius 3 is 2.27 bits per heavy atom. The number of carboxylic acid groups (broad SMARTS) is 1. The van der Waals surface area contributed by atoms with Gasteiger partial charge in [0.25, 0.3) is 5.91 Å². The summed E-state index contributed by atoms with van der Waals surface area (Å²) in [5, 5.41) is 17.3. The van der Waals surface area contributed by atoms with Crippen LogP contribution in [0.2, 0.25) is 0 Å². The second kappa shape index (κ2) is 8.26. The van der Waals surface area contributed by atoms with Crippen LogP contribution in [0.3, 0.4) is 0 Å². The standard InChI is InChI=1S/C19H15N3O3S/c23-17(24)13-22-18(25)16(11-14-7-3-1-4-8-14)26-19(22)21-20-12-15-9-5-2-6-10-15/h1-12H,13H2,(H,23,24)/b16-11-,20-12+,21-19+. The third-order valence-electron chi connectivity index (χ3n) is 3.43. The van der Waals surface area contributed by atoms with Crippen LogP contribution in [0.4, 0.5) is 0 Å². The van der Waals surface area contributed by atoms with Crippen LogP contribution >= 0.6 is 11.8 Å². The molecule has 6 nitrogen and oxygen atoms in total. The maximum Gasteiger partial charge on any atom is 0.323 e. The first-order valence-corrected chi connectivity index (χ1v) is 8.59. The molecule has 26 heavy (non-hydrogen) atoms. The number of rotatable bonds is 5. The second-order valence-electron chi connectivity index (χ2n) is 5.34. The summed E-state index contributed by atoms with van der Waals surface area (Å²) < 4.78 is 0. The van der Waals surface area contributed by atoms with Crippen molar-refractivity contribution in [2.24, 2.45) is 10.2 Å². The molecule has 1 aliphatic rings. The normalized spacial score (nSPS) is 17.5. The van der Waals surface area contributed by atoms with Gasteiger partial charge in [-0.25, -0.2) is 0 Å². The van der Waals surface area contributed by atoms with Gasteiger partial charge in [0.05, 0.1) is 11.1 Å². The summed E-state index contributed by atoms with van der Waals surface area (Å²) in [7, 11) is 0. The number of amides is 1. The predicted octanol–water partition coefficient (Wildman–Crippen LogP) is 3.08. The lowest BCUT2D eigenvalue weighted by Crippen LogP contribution is -2.34. The minimum atomic E-state index is -1.11.